The molecule has 2 rings (SSSR count). The number of esters is 1. The Labute approximate surface area is 169 Å². The maximum Gasteiger partial charge on any atom is 0.321 e. The molecule has 0 atom stereocenters. The van der Waals surface area contributed by atoms with E-state index in [2.05, 4.69) is 10.0 Å². The molecule has 0 bridgehead atoms. The lowest BCUT2D eigenvalue weighted by atomic mass is 10.2. The van der Waals surface area contributed by atoms with Crippen LogP contribution in [0.2, 0.25) is 5.02 Å². The van der Waals surface area contributed by atoms with E-state index in [-0.39, 0.29) is 4.90 Å². The van der Waals surface area contributed by atoms with Crippen LogP contribution in [0.3, 0.4) is 0 Å². The van der Waals surface area contributed by atoms with E-state index < -0.39 is 34.0 Å². The first-order valence-corrected chi connectivity index (χ1v) is 10.2. The summed E-state index contributed by atoms with van der Waals surface area (Å²) < 4.78 is 31.8. The molecule has 0 saturated carbocycles. The monoisotopic (exact) mass is 424 g/mol. The summed E-state index contributed by atoms with van der Waals surface area (Å²) in [5.74, 6) is -1.09. The fourth-order valence-electron chi connectivity index (χ4n) is 2.18. The number of hydrogen-bond acceptors (Lipinski definition) is 5. The first-order chi connectivity index (χ1) is 13.0. The van der Waals surface area contributed by atoms with Gasteiger partial charge in [0.25, 0.3) is 5.91 Å². The summed E-state index contributed by atoms with van der Waals surface area (Å²) in [4.78, 5) is 23.8. The van der Waals surface area contributed by atoms with Crippen molar-refractivity contribution in [2.45, 2.75) is 31.3 Å². The van der Waals surface area contributed by atoms with E-state index >= 15 is 0 Å². The molecule has 1 amide bonds. The van der Waals surface area contributed by atoms with Crippen molar-refractivity contribution in [3.8, 4) is 0 Å². The van der Waals surface area contributed by atoms with Crippen LogP contribution in [0.25, 0.3) is 0 Å². The van der Waals surface area contributed by atoms with E-state index in [1.807, 2.05) is 0 Å². The largest absolute Gasteiger partial charge is 0.459 e. The molecule has 0 aromatic heterocycles. The Balaban J connectivity index is 2.02. The molecule has 2 aromatic carbocycles. The van der Waals surface area contributed by atoms with Crippen LogP contribution < -0.4 is 10.0 Å². The number of anilines is 1. The van der Waals surface area contributed by atoms with Crippen molar-refractivity contribution in [2.24, 2.45) is 0 Å². The van der Waals surface area contributed by atoms with E-state index in [0.29, 0.717) is 16.3 Å². The number of nitrogens with one attached hydrogen (secondary N) is 2. The standard InChI is InChI=1S/C19H21ClN2O5S/c1-19(2,3)27-17(23)12-21-28(25,26)14-10-8-13(9-11-14)22-18(24)15-6-4-5-7-16(15)20/h4-11,21H,12H2,1-3H3,(H,22,24). The lowest BCUT2D eigenvalue weighted by Gasteiger charge is -2.19. The van der Waals surface area contributed by atoms with Crippen molar-refractivity contribution in [1.29, 1.82) is 0 Å². The maximum absolute atomic E-state index is 12.3. The highest BCUT2D eigenvalue weighted by Gasteiger charge is 2.20. The average molecular weight is 425 g/mol. The van der Waals surface area contributed by atoms with Crippen molar-refractivity contribution in [2.75, 3.05) is 11.9 Å². The molecule has 2 N–H and O–H groups in total. The van der Waals surface area contributed by atoms with Crippen LogP contribution >= 0.6 is 11.6 Å². The van der Waals surface area contributed by atoms with Crippen molar-refractivity contribution < 1.29 is 22.7 Å². The van der Waals surface area contributed by atoms with Crippen LogP contribution in [0.4, 0.5) is 5.69 Å². The van der Waals surface area contributed by atoms with E-state index in [1.165, 1.54) is 24.3 Å². The molecule has 150 valence electrons. The van der Waals surface area contributed by atoms with Crippen LogP contribution in [-0.4, -0.2) is 32.4 Å². The zero-order valence-electron chi connectivity index (χ0n) is 15.7. The fraction of sp³-hybridized carbons (Fsp3) is 0.263. The second-order valence-electron chi connectivity index (χ2n) is 6.87. The Kier molecular flexibility index (Phi) is 6.82. The predicted octanol–water partition coefficient (Wildman–Crippen LogP) is 3.21. The number of hydrogen-bond donors (Lipinski definition) is 2. The molecule has 7 nitrogen and oxygen atoms in total. The molecule has 0 aliphatic rings. The molecule has 2 aromatic rings. The van der Waals surface area contributed by atoms with Crippen molar-refractivity contribution in [3.05, 3.63) is 59.1 Å². The predicted molar refractivity (Wildman–Crippen MR) is 107 cm³/mol. The Morgan fingerprint density at radius 3 is 2.21 bits per heavy atom. The number of amides is 1. The van der Waals surface area contributed by atoms with E-state index in [1.54, 1.807) is 45.0 Å². The molecule has 0 aliphatic heterocycles. The smallest absolute Gasteiger partial charge is 0.321 e. The van der Waals surface area contributed by atoms with Gasteiger partial charge in [-0.1, -0.05) is 23.7 Å². The number of halogens is 1. The van der Waals surface area contributed by atoms with Crippen molar-refractivity contribution in [1.82, 2.24) is 4.72 Å². The van der Waals surface area contributed by atoms with Gasteiger partial charge in [0.1, 0.15) is 12.1 Å². The molecule has 0 saturated heterocycles. The van der Waals surface area contributed by atoms with Gasteiger partial charge in [-0.3, -0.25) is 9.59 Å². The summed E-state index contributed by atoms with van der Waals surface area (Å²) in [5, 5.41) is 2.95. The quantitative estimate of drug-likeness (QED) is 0.693. The van der Waals surface area contributed by atoms with Gasteiger partial charge < -0.3 is 10.1 Å². The molecular formula is C19H21ClN2O5S. The molecule has 0 radical (unpaired) electrons. The van der Waals surface area contributed by atoms with Gasteiger partial charge in [0.05, 0.1) is 15.5 Å². The van der Waals surface area contributed by atoms with Gasteiger partial charge in [0.2, 0.25) is 10.0 Å². The Morgan fingerprint density at radius 2 is 1.64 bits per heavy atom. The molecule has 9 heteroatoms. The molecule has 0 aliphatic carbocycles. The number of carbonyl (C=O) groups excluding carboxylic acids is 2. The Bertz CT molecular complexity index is 967. The van der Waals surface area contributed by atoms with E-state index in [0.717, 1.165) is 0 Å². The van der Waals surface area contributed by atoms with Gasteiger partial charge >= 0.3 is 5.97 Å². The van der Waals surface area contributed by atoms with Gasteiger partial charge in [-0.15, -0.1) is 0 Å². The van der Waals surface area contributed by atoms with Crippen LogP contribution in [0.15, 0.2) is 53.4 Å². The minimum absolute atomic E-state index is 0.0493. The summed E-state index contributed by atoms with van der Waals surface area (Å²) >= 11 is 5.98. The normalized spacial score (nSPS) is 11.7. The third kappa shape index (κ3) is 6.33. The van der Waals surface area contributed by atoms with Crippen LogP contribution in [-0.2, 0) is 19.6 Å². The fourth-order valence-corrected chi connectivity index (χ4v) is 3.37. The Hall–Kier alpha value is -2.42. The zero-order valence-corrected chi connectivity index (χ0v) is 17.2. The third-order valence-corrected chi connectivity index (χ3v) is 5.11. The van der Waals surface area contributed by atoms with E-state index in [4.69, 9.17) is 16.3 Å². The summed E-state index contributed by atoms with van der Waals surface area (Å²) in [6.45, 7) is 4.59. The Morgan fingerprint density at radius 1 is 1.04 bits per heavy atom. The van der Waals surface area contributed by atoms with Gasteiger partial charge in [-0.05, 0) is 57.2 Å². The second kappa shape index (κ2) is 8.72. The molecule has 0 fully saturated rings. The minimum atomic E-state index is -3.90. The first kappa shape index (κ1) is 21.9. The highest BCUT2D eigenvalue weighted by Crippen LogP contribution is 2.18. The van der Waals surface area contributed by atoms with Crippen LogP contribution in [0, 0.1) is 0 Å². The minimum Gasteiger partial charge on any atom is -0.459 e. The number of ether oxygens (including phenoxy) is 1. The summed E-state index contributed by atoms with van der Waals surface area (Å²) in [6, 6.07) is 12.1. The SMILES string of the molecule is CC(C)(C)OC(=O)CNS(=O)(=O)c1ccc(NC(=O)c2ccccc2Cl)cc1. The number of carbonyl (C=O) groups is 2. The van der Waals surface area contributed by atoms with Gasteiger partial charge in [-0.25, -0.2) is 8.42 Å². The molecule has 28 heavy (non-hydrogen) atoms. The highest BCUT2D eigenvalue weighted by molar-refractivity contribution is 7.89. The lowest BCUT2D eigenvalue weighted by molar-refractivity contribution is -0.153. The number of benzene rings is 2. The summed E-state index contributed by atoms with van der Waals surface area (Å²) in [7, 11) is -3.90. The average Bonchev–Trinajstić information content (AvgIpc) is 2.59. The molecule has 0 heterocycles. The van der Waals surface area contributed by atoms with Crippen molar-refractivity contribution in [3.63, 3.8) is 0 Å². The van der Waals surface area contributed by atoms with Crippen LogP contribution in [0.5, 0.6) is 0 Å². The molecule has 0 unspecified atom stereocenters. The van der Waals surface area contributed by atoms with Gasteiger partial charge in [0, 0.05) is 5.69 Å². The first-order valence-electron chi connectivity index (χ1n) is 8.35. The van der Waals surface area contributed by atoms with Gasteiger partial charge in [-0.2, -0.15) is 4.72 Å². The summed E-state index contributed by atoms with van der Waals surface area (Å²) in [5.41, 5.74) is 0.000206. The maximum atomic E-state index is 12.3. The van der Waals surface area contributed by atoms with Crippen LogP contribution in [0.1, 0.15) is 31.1 Å². The molecular weight excluding hydrogens is 404 g/mol. The lowest BCUT2D eigenvalue weighted by Crippen LogP contribution is -2.34. The van der Waals surface area contributed by atoms with E-state index in [9.17, 15) is 18.0 Å². The topological polar surface area (TPSA) is 102 Å². The number of sulfonamides is 1. The zero-order chi connectivity index (χ0) is 20.9. The second-order valence-corrected chi connectivity index (χ2v) is 9.04. The number of rotatable bonds is 6. The molecule has 0 spiro atoms. The van der Waals surface area contributed by atoms with Crippen molar-refractivity contribution >= 4 is 39.2 Å². The third-order valence-electron chi connectivity index (χ3n) is 3.37. The van der Waals surface area contributed by atoms with Gasteiger partial charge in [0.15, 0.2) is 0 Å². The highest BCUT2D eigenvalue weighted by atomic mass is 35.5. The summed E-state index contributed by atoms with van der Waals surface area (Å²) in [6.07, 6.45) is 0.